The highest BCUT2D eigenvalue weighted by Crippen LogP contribution is 2.44. The van der Waals surface area contributed by atoms with Gasteiger partial charge in [-0.3, -0.25) is 14.6 Å². The number of rotatable bonds is 10. The molecular weight excluding hydrogens is 682 g/mol. The number of nitriles is 1. The molecule has 0 amide bonds. The summed E-state index contributed by atoms with van der Waals surface area (Å²) in [4.78, 5) is 25.2. The SMILES string of the molecule is COc1nc(O[C@@H]2CCc3c(-c4cccc(-c5nc6cc(CN7CC[C@@H](O)C7)cc(C#N)c6o5)c4Cl)cccc32)ccc1CN1CC[C@@H](C(=O)O)C1. The van der Waals surface area contributed by atoms with Crippen LogP contribution in [-0.2, 0) is 24.3 Å². The van der Waals surface area contributed by atoms with Gasteiger partial charge in [-0.05, 0) is 78.7 Å². The molecule has 3 atom stereocenters. The van der Waals surface area contributed by atoms with E-state index in [0.29, 0.717) is 77.5 Å². The Kier molecular flexibility index (Phi) is 9.32. The van der Waals surface area contributed by atoms with Crippen molar-refractivity contribution in [2.75, 3.05) is 33.3 Å². The lowest BCUT2D eigenvalue weighted by Gasteiger charge is -2.19. The highest BCUT2D eigenvalue weighted by Gasteiger charge is 2.31. The van der Waals surface area contributed by atoms with E-state index in [-0.39, 0.29) is 18.1 Å². The normalized spacial score (nSPS) is 20.3. The second kappa shape index (κ2) is 14.2. The third-order valence-electron chi connectivity index (χ3n) is 10.4. The van der Waals surface area contributed by atoms with E-state index in [2.05, 4.69) is 33.0 Å². The fourth-order valence-corrected chi connectivity index (χ4v) is 8.18. The van der Waals surface area contributed by atoms with Crippen LogP contribution in [0.4, 0.5) is 0 Å². The molecule has 0 radical (unpaired) electrons. The van der Waals surface area contributed by atoms with Gasteiger partial charge >= 0.3 is 5.97 Å². The summed E-state index contributed by atoms with van der Waals surface area (Å²) in [5.41, 5.74) is 7.96. The molecule has 2 aliphatic heterocycles. The minimum Gasteiger partial charge on any atom is -0.481 e. The Hall–Kier alpha value is -4.99. The number of carboxylic acid groups (broad SMARTS) is 1. The number of aliphatic carboxylic acids is 1. The molecule has 2 aromatic heterocycles. The summed E-state index contributed by atoms with van der Waals surface area (Å²) >= 11 is 7.15. The molecule has 0 unspecified atom stereocenters. The third-order valence-corrected chi connectivity index (χ3v) is 10.9. The zero-order chi connectivity index (χ0) is 35.9. The number of hydrogen-bond acceptors (Lipinski definition) is 10. The Morgan fingerprint density at radius 3 is 2.56 bits per heavy atom. The number of nitrogens with zero attached hydrogens (tertiary/aromatic N) is 5. The third kappa shape index (κ3) is 6.59. The van der Waals surface area contributed by atoms with E-state index in [0.717, 1.165) is 65.7 Å². The molecular formula is C40H38ClN5O6. The van der Waals surface area contributed by atoms with Gasteiger partial charge < -0.3 is 24.1 Å². The molecule has 0 saturated carbocycles. The zero-order valence-electron chi connectivity index (χ0n) is 28.7. The number of benzene rings is 3. The van der Waals surface area contributed by atoms with Crippen molar-refractivity contribution in [3.8, 4) is 40.4 Å². The Morgan fingerprint density at radius 1 is 1.00 bits per heavy atom. The van der Waals surface area contributed by atoms with Crippen LogP contribution < -0.4 is 9.47 Å². The van der Waals surface area contributed by atoms with Crippen molar-refractivity contribution in [1.29, 1.82) is 5.26 Å². The number of aromatic nitrogens is 2. The first-order valence-electron chi connectivity index (χ1n) is 17.6. The minimum absolute atomic E-state index is 0.214. The number of fused-ring (bicyclic) bond motifs is 2. The van der Waals surface area contributed by atoms with Crippen molar-refractivity contribution >= 4 is 28.7 Å². The summed E-state index contributed by atoms with van der Waals surface area (Å²) in [7, 11) is 1.58. The number of carboxylic acids is 1. The van der Waals surface area contributed by atoms with Gasteiger partial charge in [0.1, 0.15) is 17.7 Å². The highest BCUT2D eigenvalue weighted by atomic mass is 35.5. The molecule has 3 aromatic carbocycles. The molecule has 4 heterocycles. The van der Waals surface area contributed by atoms with Crippen LogP contribution in [0.5, 0.6) is 11.8 Å². The number of halogens is 1. The highest BCUT2D eigenvalue weighted by molar-refractivity contribution is 6.36. The lowest BCUT2D eigenvalue weighted by molar-refractivity contribution is -0.141. The number of carbonyl (C=O) groups is 1. The summed E-state index contributed by atoms with van der Waals surface area (Å²) in [5.74, 6) is 0.172. The topological polar surface area (TPSA) is 145 Å². The zero-order valence-corrected chi connectivity index (χ0v) is 29.5. The van der Waals surface area contributed by atoms with Crippen LogP contribution in [0.1, 0.15) is 53.2 Å². The minimum atomic E-state index is -0.755. The van der Waals surface area contributed by atoms with Crippen LogP contribution in [-0.4, -0.2) is 75.3 Å². The predicted molar refractivity (Wildman–Crippen MR) is 194 cm³/mol. The van der Waals surface area contributed by atoms with Crippen LogP contribution in [0.3, 0.4) is 0 Å². The average molecular weight is 720 g/mol. The summed E-state index contributed by atoms with van der Waals surface area (Å²) < 4.78 is 18.3. The largest absolute Gasteiger partial charge is 0.481 e. The first-order valence-corrected chi connectivity index (χ1v) is 18.0. The van der Waals surface area contributed by atoms with Gasteiger partial charge in [0, 0.05) is 49.9 Å². The van der Waals surface area contributed by atoms with Crippen LogP contribution >= 0.6 is 11.6 Å². The van der Waals surface area contributed by atoms with Crippen molar-refractivity contribution in [2.45, 2.75) is 51.0 Å². The Labute approximate surface area is 306 Å². The molecule has 2 N–H and O–H groups in total. The van der Waals surface area contributed by atoms with E-state index in [1.165, 1.54) is 0 Å². The fraction of sp³-hybridized carbons (Fsp3) is 0.350. The molecule has 3 aliphatic rings. The fourth-order valence-electron chi connectivity index (χ4n) is 7.87. The van der Waals surface area contributed by atoms with E-state index in [9.17, 15) is 20.3 Å². The Morgan fingerprint density at radius 2 is 1.79 bits per heavy atom. The first-order chi connectivity index (χ1) is 25.3. The van der Waals surface area contributed by atoms with Crippen LogP contribution in [0.25, 0.3) is 33.7 Å². The number of β-amino-alcohol motifs (C(OH)–C–C–N with tert-alkyl or cyclic N) is 1. The number of aliphatic hydroxyl groups is 1. The van der Waals surface area contributed by atoms with Crippen molar-refractivity contribution in [1.82, 2.24) is 19.8 Å². The number of aliphatic hydroxyl groups excluding tert-OH is 1. The molecule has 0 spiro atoms. The molecule has 2 fully saturated rings. The van der Waals surface area contributed by atoms with Crippen LogP contribution in [0.15, 0.2) is 65.1 Å². The maximum atomic E-state index is 11.4. The van der Waals surface area contributed by atoms with Crippen LogP contribution in [0, 0.1) is 17.2 Å². The van der Waals surface area contributed by atoms with Gasteiger partial charge in [-0.1, -0.05) is 41.9 Å². The van der Waals surface area contributed by atoms with Gasteiger partial charge in [-0.25, -0.2) is 4.98 Å². The van der Waals surface area contributed by atoms with Crippen LogP contribution in [0.2, 0.25) is 5.02 Å². The molecule has 52 heavy (non-hydrogen) atoms. The lowest BCUT2D eigenvalue weighted by Crippen LogP contribution is -2.23. The first kappa shape index (κ1) is 34.1. The van der Waals surface area contributed by atoms with E-state index in [1.807, 2.05) is 48.5 Å². The van der Waals surface area contributed by atoms with E-state index < -0.39 is 5.97 Å². The Balaban J connectivity index is 1.03. The van der Waals surface area contributed by atoms with Gasteiger partial charge in [-0.2, -0.15) is 10.2 Å². The van der Waals surface area contributed by atoms with Gasteiger partial charge in [0.2, 0.25) is 17.7 Å². The second-order valence-corrected chi connectivity index (χ2v) is 14.2. The summed E-state index contributed by atoms with van der Waals surface area (Å²) in [6, 6.07) is 21.8. The number of methoxy groups -OCH3 is 1. The van der Waals surface area contributed by atoms with Gasteiger partial charge in [0.15, 0.2) is 5.58 Å². The molecule has 12 heteroatoms. The van der Waals surface area contributed by atoms with E-state index in [1.54, 1.807) is 7.11 Å². The number of pyridine rings is 1. The predicted octanol–water partition coefficient (Wildman–Crippen LogP) is 6.63. The lowest BCUT2D eigenvalue weighted by atomic mass is 9.95. The molecule has 2 saturated heterocycles. The molecule has 1 aliphatic carbocycles. The molecule has 5 aromatic rings. The van der Waals surface area contributed by atoms with Crippen molar-refractivity contribution in [3.63, 3.8) is 0 Å². The smallest absolute Gasteiger partial charge is 0.307 e. The number of likely N-dealkylation sites (tertiary alicyclic amines) is 2. The quantitative estimate of drug-likeness (QED) is 0.160. The maximum Gasteiger partial charge on any atom is 0.307 e. The molecule has 8 rings (SSSR count). The summed E-state index contributed by atoms with van der Waals surface area (Å²) in [6.07, 6.45) is 2.40. The van der Waals surface area contributed by atoms with E-state index >= 15 is 0 Å². The molecule has 0 bridgehead atoms. The molecule has 266 valence electrons. The summed E-state index contributed by atoms with van der Waals surface area (Å²) in [5, 5.41) is 29.8. The van der Waals surface area contributed by atoms with Gasteiger partial charge in [0.25, 0.3) is 0 Å². The maximum absolute atomic E-state index is 11.4. The van der Waals surface area contributed by atoms with Gasteiger partial charge in [0.05, 0.1) is 35.3 Å². The monoisotopic (exact) mass is 719 g/mol. The summed E-state index contributed by atoms with van der Waals surface area (Å²) in [6.45, 7) is 3.82. The Bertz CT molecular complexity index is 2220. The van der Waals surface area contributed by atoms with Crippen molar-refractivity contribution in [3.05, 3.63) is 93.5 Å². The number of oxazole rings is 1. The average Bonchev–Trinajstić information content (AvgIpc) is 3.96. The number of hydrogen-bond donors (Lipinski definition) is 2. The van der Waals surface area contributed by atoms with Gasteiger partial charge in [-0.15, -0.1) is 0 Å². The standard InChI is InChI=1S/C40H38ClN5O6/c1-50-38-24(20-46-14-12-25(21-46)40(48)49)8-11-35(44-38)51-34-10-9-29-28(4-2-5-30(29)34)31-6-3-7-32(36(31)41)39-43-33-17-23(16-26(18-42)37(33)52-39)19-45-15-13-27(47)22-45/h2-8,11,16-17,25,27,34,47H,9-10,12-15,19-22H2,1H3,(H,48,49)/t25-,27-,34-/m1/s1. The number of ether oxygens (including phenoxy) is 2. The van der Waals surface area contributed by atoms with Crippen molar-refractivity contribution < 1.29 is 28.9 Å². The van der Waals surface area contributed by atoms with E-state index in [4.69, 9.17) is 30.5 Å². The second-order valence-electron chi connectivity index (χ2n) is 13.9. The molecule has 11 nitrogen and oxygen atoms in total. The van der Waals surface area contributed by atoms with Crippen molar-refractivity contribution in [2.24, 2.45) is 5.92 Å².